The summed E-state index contributed by atoms with van der Waals surface area (Å²) in [6.45, 7) is 1.35. The van der Waals surface area contributed by atoms with Crippen molar-refractivity contribution in [2.75, 3.05) is 26.3 Å². The van der Waals surface area contributed by atoms with Gasteiger partial charge in [-0.15, -0.1) is 5.10 Å². The lowest BCUT2D eigenvalue weighted by molar-refractivity contribution is 0.0533. The summed E-state index contributed by atoms with van der Waals surface area (Å²) in [7, 11) is 0. The molecule has 7 heteroatoms. The van der Waals surface area contributed by atoms with Crippen molar-refractivity contribution in [2.45, 2.75) is 6.10 Å². The fourth-order valence-corrected chi connectivity index (χ4v) is 2.21. The first-order valence-electron chi connectivity index (χ1n) is 6.77. The molecular weight excluding hydrogens is 272 g/mol. The Labute approximate surface area is 121 Å². The number of aliphatic hydroxyl groups is 1. The van der Waals surface area contributed by atoms with Crippen molar-refractivity contribution >= 4 is 5.91 Å². The van der Waals surface area contributed by atoms with Gasteiger partial charge in [0.05, 0.1) is 31.2 Å². The second-order valence-corrected chi connectivity index (χ2v) is 4.86. The summed E-state index contributed by atoms with van der Waals surface area (Å²) in [5, 5.41) is 17.6. The van der Waals surface area contributed by atoms with Crippen molar-refractivity contribution in [3.05, 3.63) is 42.2 Å². The monoisotopic (exact) mass is 288 g/mol. The Kier molecular flexibility index (Phi) is 3.94. The molecule has 1 atom stereocenters. The van der Waals surface area contributed by atoms with Crippen LogP contribution in [0.2, 0.25) is 0 Å². The van der Waals surface area contributed by atoms with E-state index in [0.717, 1.165) is 5.69 Å². The molecule has 1 aromatic carbocycles. The summed E-state index contributed by atoms with van der Waals surface area (Å²) >= 11 is 0. The first kappa shape index (κ1) is 13.7. The van der Waals surface area contributed by atoms with Gasteiger partial charge in [-0.1, -0.05) is 23.4 Å². The third-order valence-corrected chi connectivity index (χ3v) is 3.27. The molecule has 1 fully saturated rings. The molecule has 0 aliphatic carbocycles. The van der Waals surface area contributed by atoms with E-state index in [0.29, 0.717) is 13.2 Å². The van der Waals surface area contributed by atoms with Gasteiger partial charge >= 0.3 is 0 Å². The van der Waals surface area contributed by atoms with E-state index in [1.807, 2.05) is 30.3 Å². The maximum Gasteiger partial charge on any atom is 0.276 e. The van der Waals surface area contributed by atoms with Gasteiger partial charge in [-0.2, -0.15) is 0 Å². The largest absolute Gasteiger partial charge is 0.389 e. The predicted molar refractivity (Wildman–Crippen MR) is 74.1 cm³/mol. The van der Waals surface area contributed by atoms with Gasteiger partial charge in [0, 0.05) is 13.1 Å². The van der Waals surface area contributed by atoms with E-state index in [2.05, 4.69) is 10.3 Å². The van der Waals surface area contributed by atoms with Crippen LogP contribution in [0.3, 0.4) is 0 Å². The zero-order valence-electron chi connectivity index (χ0n) is 11.4. The lowest BCUT2D eigenvalue weighted by Crippen LogP contribution is -2.37. The topological polar surface area (TPSA) is 80.5 Å². The standard InChI is InChI=1S/C14H16N4O3/c19-12-8-17(6-7-21-10-12)14(20)13-9-18(16-15-13)11-4-2-1-3-5-11/h1-5,9,12,19H,6-8,10H2/t12-/m0/s1. The van der Waals surface area contributed by atoms with Crippen LogP contribution in [0.5, 0.6) is 0 Å². The molecular formula is C14H16N4O3. The molecule has 1 amide bonds. The van der Waals surface area contributed by atoms with Crippen molar-refractivity contribution in [2.24, 2.45) is 0 Å². The Morgan fingerprint density at radius 3 is 2.95 bits per heavy atom. The molecule has 21 heavy (non-hydrogen) atoms. The lowest BCUT2D eigenvalue weighted by atomic mass is 10.3. The van der Waals surface area contributed by atoms with Crippen LogP contribution in [0.1, 0.15) is 10.5 Å². The molecule has 1 saturated heterocycles. The summed E-state index contributed by atoms with van der Waals surface area (Å²) < 4.78 is 6.77. The van der Waals surface area contributed by atoms with Crippen molar-refractivity contribution in [3.63, 3.8) is 0 Å². The molecule has 7 nitrogen and oxygen atoms in total. The molecule has 1 aromatic heterocycles. The van der Waals surface area contributed by atoms with Crippen molar-refractivity contribution in [1.82, 2.24) is 19.9 Å². The van der Waals surface area contributed by atoms with Crippen molar-refractivity contribution < 1.29 is 14.6 Å². The van der Waals surface area contributed by atoms with Gasteiger partial charge in [-0.05, 0) is 12.1 Å². The Balaban J connectivity index is 1.78. The van der Waals surface area contributed by atoms with Gasteiger partial charge in [-0.3, -0.25) is 4.79 Å². The number of hydrogen-bond donors (Lipinski definition) is 1. The number of nitrogens with zero attached hydrogens (tertiary/aromatic N) is 4. The van der Waals surface area contributed by atoms with Crippen LogP contribution in [0, 0.1) is 0 Å². The smallest absolute Gasteiger partial charge is 0.276 e. The summed E-state index contributed by atoms with van der Waals surface area (Å²) in [6, 6.07) is 9.45. The molecule has 0 saturated carbocycles. The highest BCUT2D eigenvalue weighted by Crippen LogP contribution is 2.09. The quantitative estimate of drug-likeness (QED) is 0.848. The van der Waals surface area contributed by atoms with Gasteiger partial charge in [-0.25, -0.2) is 4.68 Å². The van der Waals surface area contributed by atoms with E-state index in [1.54, 1.807) is 10.9 Å². The SMILES string of the molecule is O=C(c1cn(-c2ccccc2)nn1)N1CCOC[C@@H](O)C1. The molecule has 110 valence electrons. The van der Waals surface area contributed by atoms with Crippen molar-refractivity contribution in [3.8, 4) is 5.69 Å². The van der Waals surface area contributed by atoms with Gasteiger partial charge in [0.2, 0.25) is 0 Å². The summed E-state index contributed by atoms with van der Waals surface area (Å²) in [5.74, 6) is -0.248. The fourth-order valence-electron chi connectivity index (χ4n) is 2.21. The Morgan fingerprint density at radius 2 is 2.14 bits per heavy atom. The maximum absolute atomic E-state index is 12.4. The number of para-hydroxylation sites is 1. The average Bonchev–Trinajstić information content (AvgIpc) is 2.90. The number of hydrogen-bond acceptors (Lipinski definition) is 5. The van der Waals surface area contributed by atoms with Gasteiger partial charge < -0.3 is 14.7 Å². The number of β-amino-alcohol motifs (C(OH)–C–C–N with tert-alkyl or cyclic N) is 1. The number of rotatable bonds is 2. The average molecular weight is 288 g/mol. The number of benzene rings is 1. The van der Waals surface area contributed by atoms with E-state index in [9.17, 15) is 9.90 Å². The highest BCUT2D eigenvalue weighted by atomic mass is 16.5. The second kappa shape index (κ2) is 6.02. The van der Waals surface area contributed by atoms with E-state index >= 15 is 0 Å². The Bertz CT molecular complexity index is 614. The highest BCUT2D eigenvalue weighted by molar-refractivity contribution is 5.92. The minimum Gasteiger partial charge on any atom is -0.389 e. The van der Waals surface area contributed by atoms with E-state index in [-0.39, 0.29) is 24.8 Å². The summed E-state index contributed by atoms with van der Waals surface area (Å²) in [5.41, 5.74) is 1.09. The molecule has 0 bridgehead atoms. The van der Waals surface area contributed by atoms with E-state index < -0.39 is 6.10 Å². The molecule has 0 spiro atoms. The third-order valence-electron chi connectivity index (χ3n) is 3.27. The molecule has 0 unspecified atom stereocenters. The van der Waals surface area contributed by atoms with E-state index in [1.165, 1.54) is 4.90 Å². The van der Waals surface area contributed by atoms with E-state index in [4.69, 9.17) is 4.74 Å². The molecule has 1 aliphatic heterocycles. The normalized spacial score (nSPS) is 19.3. The zero-order chi connectivity index (χ0) is 14.7. The lowest BCUT2D eigenvalue weighted by Gasteiger charge is -2.19. The fraction of sp³-hybridized carbons (Fsp3) is 0.357. The molecule has 1 N–H and O–H groups in total. The minimum atomic E-state index is -0.666. The molecule has 2 aromatic rings. The predicted octanol–water partition coefficient (Wildman–Crippen LogP) is 0.101. The molecule has 3 rings (SSSR count). The van der Waals surface area contributed by atoms with Crippen LogP contribution in [-0.2, 0) is 4.74 Å². The maximum atomic E-state index is 12.4. The van der Waals surface area contributed by atoms with Gasteiger partial charge in [0.25, 0.3) is 5.91 Å². The number of aliphatic hydroxyl groups excluding tert-OH is 1. The number of ether oxygens (including phenoxy) is 1. The summed E-state index contributed by atoms with van der Waals surface area (Å²) in [6.07, 6.45) is 0.927. The first-order chi connectivity index (χ1) is 10.2. The van der Waals surface area contributed by atoms with Gasteiger partial charge in [0.15, 0.2) is 5.69 Å². The zero-order valence-corrected chi connectivity index (χ0v) is 11.4. The van der Waals surface area contributed by atoms with Crippen LogP contribution in [0.4, 0.5) is 0 Å². The highest BCUT2D eigenvalue weighted by Gasteiger charge is 2.24. The Hall–Kier alpha value is -2.25. The number of aromatic nitrogens is 3. The molecule has 1 aliphatic rings. The molecule has 2 heterocycles. The Morgan fingerprint density at radius 1 is 1.33 bits per heavy atom. The van der Waals surface area contributed by atoms with Crippen molar-refractivity contribution in [1.29, 1.82) is 0 Å². The molecule has 0 radical (unpaired) electrons. The van der Waals surface area contributed by atoms with Crippen LogP contribution < -0.4 is 0 Å². The first-order valence-corrected chi connectivity index (χ1v) is 6.77. The minimum absolute atomic E-state index is 0.247. The third kappa shape index (κ3) is 3.09. The van der Waals surface area contributed by atoms with Crippen LogP contribution in [0.25, 0.3) is 5.69 Å². The second-order valence-electron chi connectivity index (χ2n) is 4.86. The van der Waals surface area contributed by atoms with Crippen LogP contribution in [-0.4, -0.2) is 63.3 Å². The van der Waals surface area contributed by atoms with Crippen LogP contribution in [0.15, 0.2) is 36.5 Å². The number of amides is 1. The van der Waals surface area contributed by atoms with Gasteiger partial charge in [0.1, 0.15) is 0 Å². The van der Waals surface area contributed by atoms with Crippen LogP contribution >= 0.6 is 0 Å². The summed E-state index contributed by atoms with van der Waals surface area (Å²) in [4.78, 5) is 13.9. The number of carbonyl (C=O) groups is 1. The number of carbonyl (C=O) groups excluding carboxylic acids is 1.